The van der Waals surface area contributed by atoms with Crippen molar-refractivity contribution in [1.29, 1.82) is 0 Å². The van der Waals surface area contributed by atoms with Gasteiger partial charge >= 0.3 is 0 Å². The Morgan fingerprint density at radius 1 is 1.50 bits per heavy atom. The molecule has 1 unspecified atom stereocenters. The van der Waals surface area contributed by atoms with E-state index in [0.717, 1.165) is 12.1 Å². The van der Waals surface area contributed by atoms with E-state index in [2.05, 4.69) is 0 Å². The SMILES string of the molecule is CC1(CCl)CN(c2ccc(F)cc2F)C1=O. The molecule has 16 heavy (non-hydrogen) atoms. The Morgan fingerprint density at radius 3 is 2.69 bits per heavy atom. The Balaban J connectivity index is 2.26. The Kier molecular flexibility index (Phi) is 2.62. The summed E-state index contributed by atoms with van der Waals surface area (Å²) in [6.45, 7) is 2.08. The van der Waals surface area contributed by atoms with Gasteiger partial charge in [-0.3, -0.25) is 4.79 Å². The Labute approximate surface area is 96.8 Å². The minimum absolute atomic E-state index is 0.106. The highest BCUT2D eigenvalue weighted by Gasteiger charge is 2.48. The van der Waals surface area contributed by atoms with E-state index in [0.29, 0.717) is 6.54 Å². The number of rotatable bonds is 2. The first-order valence-electron chi connectivity index (χ1n) is 4.81. The van der Waals surface area contributed by atoms with Gasteiger partial charge in [0.1, 0.15) is 11.6 Å². The van der Waals surface area contributed by atoms with Crippen molar-refractivity contribution in [2.75, 3.05) is 17.3 Å². The van der Waals surface area contributed by atoms with Gasteiger partial charge in [-0.2, -0.15) is 0 Å². The number of alkyl halides is 1. The summed E-state index contributed by atoms with van der Waals surface area (Å²) in [4.78, 5) is 13.0. The normalized spacial score (nSPS) is 24.5. The van der Waals surface area contributed by atoms with Gasteiger partial charge in [0.05, 0.1) is 11.1 Å². The molecule has 0 bridgehead atoms. The van der Waals surface area contributed by atoms with Crippen molar-refractivity contribution >= 4 is 23.2 Å². The molecule has 0 aliphatic carbocycles. The molecular weight excluding hydrogens is 236 g/mol. The first-order valence-corrected chi connectivity index (χ1v) is 5.34. The zero-order chi connectivity index (χ0) is 11.9. The van der Waals surface area contributed by atoms with E-state index in [-0.39, 0.29) is 17.5 Å². The maximum absolute atomic E-state index is 13.4. The minimum atomic E-state index is -0.732. The van der Waals surface area contributed by atoms with E-state index >= 15 is 0 Å². The molecular formula is C11H10ClF2NO. The van der Waals surface area contributed by atoms with Crippen molar-refractivity contribution in [3.8, 4) is 0 Å². The van der Waals surface area contributed by atoms with E-state index in [1.54, 1.807) is 6.92 Å². The van der Waals surface area contributed by atoms with Gasteiger partial charge < -0.3 is 4.90 Å². The number of benzene rings is 1. The molecule has 0 radical (unpaired) electrons. The summed E-state index contributed by atoms with van der Waals surface area (Å²) in [5.41, 5.74) is -0.517. The Bertz CT molecular complexity index is 452. The van der Waals surface area contributed by atoms with Gasteiger partial charge in [-0.05, 0) is 19.1 Å². The van der Waals surface area contributed by atoms with Crippen LogP contribution in [0.3, 0.4) is 0 Å². The van der Waals surface area contributed by atoms with Gasteiger partial charge in [-0.1, -0.05) is 0 Å². The average Bonchev–Trinajstić information content (AvgIpc) is 2.26. The number of hydrogen-bond donors (Lipinski definition) is 0. The van der Waals surface area contributed by atoms with Crippen LogP contribution in [0.2, 0.25) is 0 Å². The molecule has 1 aliphatic rings. The van der Waals surface area contributed by atoms with Crippen molar-refractivity contribution in [2.45, 2.75) is 6.92 Å². The van der Waals surface area contributed by atoms with E-state index in [9.17, 15) is 13.6 Å². The van der Waals surface area contributed by atoms with Crippen molar-refractivity contribution in [1.82, 2.24) is 0 Å². The monoisotopic (exact) mass is 245 g/mol. The number of carbonyl (C=O) groups excluding carboxylic acids is 1. The first-order chi connectivity index (χ1) is 7.48. The molecule has 1 aromatic carbocycles. The zero-order valence-electron chi connectivity index (χ0n) is 8.64. The van der Waals surface area contributed by atoms with Crippen LogP contribution in [0.4, 0.5) is 14.5 Å². The maximum Gasteiger partial charge on any atom is 0.236 e. The molecule has 1 aromatic rings. The van der Waals surface area contributed by atoms with Gasteiger partial charge in [0.15, 0.2) is 0 Å². The summed E-state index contributed by atoms with van der Waals surface area (Å²) >= 11 is 5.66. The predicted molar refractivity (Wildman–Crippen MR) is 57.5 cm³/mol. The fourth-order valence-corrected chi connectivity index (χ4v) is 1.92. The topological polar surface area (TPSA) is 20.3 Å². The number of amides is 1. The third-order valence-corrected chi connectivity index (χ3v) is 3.35. The second-order valence-corrected chi connectivity index (χ2v) is 4.45. The van der Waals surface area contributed by atoms with Gasteiger partial charge in [0, 0.05) is 18.5 Å². The summed E-state index contributed by atoms with van der Waals surface area (Å²) in [5, 5.41) is 0. The van der Waals surface area contributed by atoms with Crippen LogP contribution in [0, 0.1) is 17.0 Å². The minimum Gasteiger partial charge on any atom is -0.308 e. The lowest BCUT2D eigenvalue weighted by molar-refractivity contribution is -0.132. The highest BCUT2D eigenvalue weighted by atomic mass is 35.5. The van der Waals surface area contributed by atoms with Crippen molar-refractivity contribution in [3.05, 3.63) is 29.8 Å². The number of hydrogen-bond acceptors (Lipinski definition) is 1. The second kappa shape index (κ2) is 3.70. The summed E-state index contributed by atoms with van der Waals surface area (Å²) in [5.74, 6) is -1.42. The van der Waals surface area contributed by atoms with Gasteiger partial charge in [-0.25, -0.2) is 8.78 Å². The average molecular weight is 246 g/mol. The second-order valence-electron chi connectivity index (χ2n) is 4.18. The van der Waals surface area contributed by atoms with Crippen molar-refractivity contribution in [3.63, 3.8) is 0 Å². The predicted octanol–water partition coefficient (Wildman–Crippen LogP) is 2.56. The molecule has 86 valence electrons. The highest BCUT2D eigenvalue weighted by molar-refractivity contribution is 6.22. The molecule has 2 nitrogen and oxygen atoms in total. The van der Waals surface area contributed by atoms with Crippen LogP contribution in [0.25, 0.3) is 0 Å². The molecule has 1 fully saturated rings. The summed E-state index contributed by atoms with van der Waals surface area (Å²) < 4.78 is 26.1. The quantitative estimate of drug-likeness (QED) is 0.579. The number of halogens is 3. The molecule has 1 heterocycles. The lowest BCUT2D eigenvalue weighted by Crippen LogP contribution is -2.61. The van der Waals surface area contributed by atoms with Crippen LogP contribution in [-0.2, 0) is 4.79 Å². The lowest BCUT2D eigenvalue weighted by atomic mass is 9.82. The van der Waals surface area contributed by atoms with E-state index in [1.807, 2.05) is 0 Å². The van der Waals surface area contributed by atoms with Gasteiger partial charge in [-0.15, -0.1) is 11.6 Å². The molecule has 0 spiro atoms. The number of nitrogens with zero attached hydrogens (tertiary/aromatic N) is 1. The molecule has 2 rings (SSSR count). The van der Waals surface area contributed by atoms with Crippen LogP contribution in [0.1, 0.15) is 6.92 Å². The Morgan fingerprint density at radius 2 is 2.19 bits per heavy atom. The molecule has 1 amide bonds. The summed E-state index contributed by atoms with van der Waals surface area (Å²) in [6, 6.07) is 3.15. The number of anilines is 1. The van der Waals surface area contributed by atoms with E-state index < -0.39 is 17.0 Å². The maximum atomic E-state index is 13.4. The standard InChI is InChI=1S/C11H10ClF2NO/c1-11(5-12)6-15(10(11)16)9-3-2-7(13)4-8(9)14/h2-4H,5-6H2,1H3. The molecule has 5 heteroatoms. The molecule has 0 aromatic heterocycles. The van der Waals surface area contributed by atoms with E-state index in [4.69, 9.17) is 11.6 Å². The van der Waals surface area contributed by atoms with Crippen LogP contribution in [-0.4, -0.2) is 18.3 Å². The molecule has 1 saturated heterocycles. The Hall–Kier alpha value is -1.16. The smallest absolute Gasteiger partial charge is 0.236 e. The van der Waals surface area contributed by atoms with Crippen LogP contribution in [0.15, 0.2) is 18.2 Å². The largest absolute Gasteiger partial charge is 0.308 e. The molecule has 0 N–H and O–H groups in total. The van der Waals surface area contributed by atoms with Gasteiger partial charge in [0.25, 0.3) is 0 Å². The van der Waals surface area contributed by atoms with E-state index in [1.165, 1.54) is 11.0 Å². The summed E-state index contributed by atoms with van der Waals surface area (Å²) in [7, 11) is 0. The first kappa shape index (κ1) is 11.3. The van der Waals surface area contributed by atoms with Crippen molar-refractivity contribution < 1.29 is 13.6 Å². The molecule has 1 atom stereocenters. The molecule has 0 saturated carbocycles. The number of β-lactam (4-membered cyclic amide) rings is 1. The molecule has 1 aliphatic heterocycles. The summed E-state index contributed by atoms with van der Waals surface area (Å²) in [6.07, 6.45) is 0. The van der Waals surface area contributed by atoms with Crippen LogP contribution in [0.5, 0.6) is 0 Å². The number of carbonyl (C=O) groups is 1. The third kappa shape index (κ3) is 1.57. The van der Waals surface area contributed by atoms with Crippen molar-refractivity contribution in [2.24, 2.45) is 5.41 Å². The van der Waals surface area contributed by atoms with Crippen LogP contribution < -0.4 is 4.90 Å². The zero-order valence-corrected chi connectivity index (χ0v) is 9.39. The third-order valence-electron chi connectivity index (χ3n) is 2.76. The fourth-order valence-electron chi connectivity index (χ4n) is 1.72. The highest BCUT2D eigenvalue weighted by Crippen LogP contribution is 2.37. The van der Waals surface area contributed by atoms with Gasteiger partial charge in [0.2, 0.25) is 5.91 Å². The lowest BCUT2D eigenvalue weighted by Gasteiger charge is -2.45. The fraction of sp³-hybridized carbons (Fsp3) is 0.364. The van der Waals surface area contributed by atoms with Crippen LogP contribution >= 0.6 is 11.6 Å².